The zero-order chi connectivity index (χ0) is 12.6. The molecule has 1 rings (SSSR count). The summed E-state index contributed by atoms with van der Waals surface area (Å²) in [6, 6.07) is 5.02. The molecule has 0 aliphatic carbocycles. The maximum Gasteiger partial charge on any atom is 1.00 e. The maximum atomic E-state index is 10.3. The van der Waals surface area contributed by atoms with Gasteiger partial charge in [0, 0.05) is 0 Å². The Morgan fingerprint density at radius 3 is 1.41 bits per heavy atom. The molecule has 17 heavy (non-hydrogen) atoms. The van der Waals surface area contributed by atoms with Crippen molar-refractivity contribution < 1.29 is 82.6 Å². The molecule has 0 saturated heterocycles. The molecule has 0 atom stereocenters. The predicted octanol–water partition coefficient (Wildman–Crippen LogP) is -2.68. The molecule has 0 aliphatic heterocycles. The molecule has 1 amide bonds. The summed E-state index contributed by atoms with van der Waals surface area (Å²) >= 11 is 0. The fourth-order valence-electron chi connectivity index (χ4n) is 0.755. The number of carboxylic acids is 2. The fourth-order valence-corrected chi connectivity index (χ4v) is 0.755. The van der Waals surface area contributed by atoms with Crippen LogP contribution < -0.4 is 56.9 Å². The number of carbonyl (C=O) groups is 3. The van der Waals surface area contributed by atoms with Crippen LogP contribution in [-0.4, -0.2) is 33.8 Å². The molecule has 7 nitrogen and oxygen atoms in total. The second kappa shape index (κ2) is 10.4. The summed E-state index contributed by atoms with van der Waals surface area (Å²) in [5.74, 6) is -2.13. The van der Waals surface area contributed by atoms with Gasteiger partial charge in [-0.05, 0) is 24.3 Å². The molecule has 0 spiro atoms. The number of hydroxylamine groups is 1. The van der Waals surface area contributed by atoms with Gasteiger partial charge in [0.2, 0.25) is 6.41 Å². The largest absolute Gasteiger partial charge is 1.00 e. The third-order valence-corrected chi connectivity index (χ3v) is 1.43. The molecule has 88 valence electrons. The van der Waals surface area contributed by atoms with Gasteiger partial charge in [0.25, 0.3) is 0 Å². The zero-order valence-electron chi connectivity index (χ0n) is 9.95. The maximum absolute atomic E-state index is 10.3. The van der Waals surface area contributed by atoms with E-state index in [4.69, 9.17) is 20.2 Å². The summed E-state index contributed by atoms with van der Waals surface area (Å²) < 4.78 is 0. The van der Waals surface area contributed by atoms with E-state index in [-0.39, 0.29) is 70.3 Å². The van der Waals surface area contributed by atoms with Crippen molar-refractivity contribution in [3.8, 4) is 0 Å². The van der Waals surface area contributed by atoms with Crippen LogP contribution in [0.4, 0.5) is 0 Å². The first kappa shape index (κ1) is 18.6. The van der Waals surface area contributed by atoms with Crippen molar-refractivity contribution in [3.63, 3.8) is 0 Å². The summed E-state index contributed by atoms with van der Waals surface area (Å²) in [7, 11) is 0. The van der Waals surface area contributed by atoms with Gasteiger partial charge in [-0.15, -0.1) is 0 Å². The summed E-state index contributed by atoms with van der Waals surface area (Å²) in [6.07, 6.45) is 0.181. The molecule has 1 aromatic carbocycles. The van der Waals surface area contributed by atoms with Crippen LogP contribution in [0.5, 0.6) is 0 Å². The fraction of sp³-hybridized carbons (Fsp3) is 0. The molecule has 0 saturated carbocycles. The van der Waals surface area contributed by atoms with Crippen LogP contribution in [0.2, 0.25) is 0 Å². The molecule has 0 fully saturated rings. The van der Waals surface area contributed by atoms with Crippen molar-refractivity contribution in [3.05, 3.63) is 35.4 Å². The quantitative estimate of drug-likeness (QED) is 0.205. The first-order valence-corrected chi connectivity index (χ1v) is 3.92. The Bertz CT molecular complexity index is 350. The summed E-state index contributed by atoms with van der Waals surface area (Å²) in [6.45, 7) is 0. The topological polar surface area (TPSA) is 124 Å². The monoisotopic (exact) mass is 267 g/mol. The predicted molar refractivity (Wildman–Crippen MR) is 52.5 cm³/mol. The number of benzene rings is 1. The standard InChI is InChI=1S/C8H6O4.CH3NO2.K.H/c9-7(10)5-1-2-6(4-3-5)8(11)12;3-1-2-4;;/h1-4H,(H,9,10)(H,11,12);1,4H,(H,2,3);;/q;;+1;-1. The van der Waals surface area contributed by atoms with Gasteiger partial charge in [0.1, 0.15) is 0 Å². The SMILES string of the molecule is O=C(O)c1ccc(C(=O)O)cc1.O=CNO.[H-].[K+]. The molecule has 8 heteroatoms. The first-order chi connectivity index (χ1) is 7.52. The van der Waals surface area contributed by atoms with E-state index < -0.39 is 11.9 Å². The number of hydrogen-bond acceptors (Lipinski definition) is 4. The van der Waals surface area contributed by atoms with Gasteiger partial charge in [-0.3, -0.25) is 10.0 Å². The van der Waals surface area contributed by atoms with E-state index in [1.54, 1.807) is 0 Å². The number of nitrogens with one attached hydrogen (secondary N) is 1. The average Bonchev–Trinajstić information content (AvgIpc) is 2.29. The van der Waals surface area contributed by atoms with Crippen molar-refractivity contribution in [2.75, 3.05) is 0 Å². The van der Waals surface area contributed by atoms with Crippen molar-refractivity contribution >= 4 is 18.3 Å². The van der Waals surface area contributed by atoms with Crippen molar-refractivity contribution in [1.82, 2.24) is 5.48 Å². The van der Waals surface area contributed by atoms with E-state index in [2.05, 4.69) is 0 Å². The van der Waals surface area contributed by atoms with Gasteiger partial charge < -0.3 is 11.6 Å². The Kier molecular flexibility index (Phi) is 11.4. The Balaban J connectivity index is -0.000000332. The Labute approximate surface area is 140 Å². The number of rotatable bonds is 3. The molecule has 0 unspecified atom stereocenters. The van der Waals surface area contributed by atoms with Crippen LogP contribution in [0.25, 0.3) is 0 Å². The Morgan fingerprint density at radius 1 is 1.06 bits per heavy atom. The smallest absolute Gasteiger partial charge is 1.00 e. The normalized spacial score (nSPS) is 7.82. The van der Waals surface area contributed by atoms with E-state index in [1.165, 1.54) is 29.7 Å². The molecule has 0 bridgehead atoms. The van der Waals surface area contributed by atoms with E-state index in [0.717, 1.165) is 0 Å². The van der Waals surface area contributed by atoms with Gasteiger partial charge in [-0.1, -0.05) is 0 Å². The van der Waals surface area contributed by atoms with Crippen LogP contribution in [-0.2, 0) is 4.79 Å². The third-order valence-electron chi connectivity index (χ3n) is 1.43. The minimum Gasteiger partial charge on any atom is -1.00 e. The number of carboxylic acid groups (broad SMARTS) is 2. The molecule has 0 aromatic heterocycles. The van der Waals surface area contributed by atoms with E-state index >= 15 is 0 Å². The van der Waals surface area contributed by atoms with Crippen molar-refractivity contribution in [2.45, 2.75) is 0 Å². The summed E-state index contributed by atoms with van der Waals surface area (Å²) in [5.41, 5.74) is 1.42. The summed E-state index contributed by atoms with van der Waals surface area (Å²) in [4.78, 5) is 29.5. The van der Waals surface area contributed by atoms with Crippen molar-refractivity contribution in [2.24, 2.45) is 0 Å². The van der Waals surface area contributed by atoms with E-state index in [1.807, 2.05) is 0 Å². The van der Waals surface area contributed by atoms with Crippen LogP contribution in [0.1, 0.15) is 22.1 Å². The average molecular weight is 267 g/mol. The molecular weight excluding hydrogens is 257 g/mol. The van der Waals surface area contributed by atoms with Crippen LogP contribution in [0, 0.1) is 0 Å². The zero-order valence-corrected chi connectivity index (χ0v) is 12.1. The minimum atomic E-state index is -1.06. The second-order valence-corrected chi connectivity index (χ2v) is 2.43. The third kappa shape index (κ3) is 8.02. The van der Waals surface area contributed by atoms with Gasteiger partial charge in [0.15, 0.2) is 0 Å². The Morgan fingerprint density at radius 2 is 1.29 bits per heavy atom. The first-order valence-electron chi connectivity index (χ1n) is 3.92. The van der Waals surface area contributed by atoms with Gasteiger partial charge in [-0.2, -0.15) is 0 Å². The van der Waals surface area contributed by atoms with Crippen molar-refractivity contribution in [1.29, 1.82) is 0 Å². The van der Waals surface area contributed by atoms with Gasteiger partial charge >= 0.3 is 63.3 Å². The van der Waals surface area contributed by atoms with E-state index in [0.29, 0.717) is 0 Å². The van der Waals surface area contributed by atoms with Crippen LogP contribution >= 0.6 is 0 Å². The van der Waals surface area contributed by atoms with Crippen LogP contribution in [0.3, 0.4) is 0 Å². The summed E-state index contributed by atoms with van der Waals surface area (Å²) in [5, 5.41) is 24.2. The number of amides is 1. The Hall–Kier alpha value is -0.774. The molecule has 1 aromatic rings. The molecule has 0 heterocycles. The molecular formula is C9H10KNO6. The van der Waals surface area contributed by atoms with E-state index in [9.17, 15) is 9.59 Å². The molecule has 0 aliphatic rings. The number of aromatic carboxylic acids is 2. The minimum absolute atomic E-state index is 0. The molecule has 4 N–H and O–H groups in total. The van der Waals surface area contributed by atoms with Crippen LogP contribution in [0.15, 0.2) is 24.3 Å². The second-order valence-electron chi connectivity index (χ2n) is 2.43. The number of carbonyl (C=O) groups excluding carboxylic acids is 1. The number of hydrogen-bond donors (Lipinski definition) is 4. The van der Waals surface area contributed by atoms with Gasteiger partial charge in [-0.25, -0.2) is 15.1 Å². The van der Waals surface area contributed by atoms with Gasteiger partial charge in [0.05, 0.1) is 11.1 Å². The molecule has 0 radical (unpaired) electrons.